The van der Waals surface area contributed by atoms with Crippen LogP contribution in [0.2, 0.25) is 0 Å². The van der Waals surface area contributed by atoms with Gasteiger partial charge in [0, 0.05) is 12.1 Å². The summed E-state index contributed by atoms with van der Waals surface area (Å²) < 4.78 is 0. The summed E-state index contributed by atoms with van der Waals surface area (Å²) in [5, 5.41) is 11.1. The maximum absolute atomic E-state index is 11.1. The topological polar surface area (TPSA) is 23.5 Å². The van der Waals surface area contributed by atoms with Crippen molar-refractivity contribution in [3.8, 4) is 0 Å². The van der Waals surface area contributed by atoms with E-state index in [2.05, 4.69) is 18.7 Å². The highest BCUT2D eigenvalue weighted by molar-refractivity contribution is 5.05. The molecule has 5 aliphatic rings. The van der Waals surface area contributed by atoms with E-state index in [9.17, 15) is 5.11 Å². The fourth-order valence-electron chi connectivity index (χ4n) is 6.49. The van der Waals surface area contributed by atoms with Crippen LogP contribution in [0, 0.1) is 23.2 Å². The standard InChI is InChI=1S/C18H31NO/c1-17(2)4-3-5-19(17)12-16(20)18-9-13-6-14(10-18)8-15(7-13)11-18/h13-16,20H,3-12H2,1-2H3. The summed E-state index contributed by atoms with van der Waals surface area (Å²) in [5.41, 5.74) is 0.608. The quantitative estimate of drug-likeness (QED) is 0.854. The summed E-state index contributed by atoms with van der Waals surface area (Å²) in [6.45, 7) is 6.83. The summed E-state index contributed by atoms with van der Waals surface area (Å²) in [5.74, 6) is 2.84. The van der Waals surface area contributed by atoms with Gasteiger partial charge in [-0.15, -0.1) is 0 Å². The van der Waals surface area contributed by atoms with Gasteiger partial charge < -0.3 is 5.11 Å². The van der Waals surface area contributed by atoms with Gasteiger partial charge in [0.1, 0.15) is 0 Å². The summed E-state index contributed by atoms with van der Waals surface area (Å²) in [6.07, 6.45) is 10.9. The maximum atomic E-state index is 11.1. The molecule has 114 valence electrons. The van der Waals surface area contributed by atoms with Gasteiger partial charge in [-0.05, 0) is 94.9 Å². The van der Waals surface area contributed by atoms with Crippen LogP contribution >= 0.6 is 0 Å². The Morgan fingerprint density at radius 2 is 1.60 bits per heavy atom. The minimum atomic E-state index is -0.0757. The first-order valence-electron chi connectivity index (χ1n) is 8.90. The average molecular weight is 277 g/mol. The van der Waals surface area contributed by atoms with E-state index in [-0.39, 0.29) is 6.10 Å². The first-order valence-corrected chi connectivity index (χ1v) is 8.90. The molecule has 1 saturated heterocycles. The Labute approximate surface area is 123 Å². The molecule has 5 fully saturated rings. The third kappa shape index (κ3) is 2.06. The van der Waals surface area contributed by atoms with Crippen molar-refractivity contribution in [1.29, 1.82) is 0 Å². The Balaban J connectivity index is 1.49. The lowest BCUT2D eigenvalue weighted by Gasteiger charge is -2.59. The van der Waals surface area contributed by atoms with Gasteiger partial charge in [-0.2, -0.15) is 0 Å². The predicted molar refractivity (Wildman–Crippen MR) is 81.5 cm³/mol. The molecule has 1 aliphatic heterocycles. The monoisotopic (exact) mass is 277 g/mol. The van der Waals surface area contributed by atoms with Crippen LogP contribution in [0.1, 0.15) is 65.2 Å². The van der Waals surface area contributed by atoms with Crippen LogP contribution in [0.25, 0.3) is 0 Å². The molecule has 1 atom stereocenters. The zero-order valence-electron chi connectivity index (χ0n) is 13.3. The molecule has 0 radical (unpaired) electrons. The molecular weight excluding hydrogens is 246 g/mol. The van der Waals surface area contributed by atoms with Crippen molar-refractivity contribution in [2.75, 3.05) is 13.1 Å². The highest BCUT2D eigenvalue weighted by atomic mass is 16.3. The Morgan fingerprint density at radius 3 is 2.05 bits per heavy atom. The van der Waals surface area contributed by atoms with Gasteiger partial charge >= 0.3 is 0 Å². The fourth-order valence-corrected chi connectivity index (χ4v) is 6.49. The number of β-amino-alcohol motifs (C(OH)–C–C–N with tert-alkyl or cyclic N) is 1. The molecule has 2 heteroatoms. The lowest BCUT2D eigenvalue weighted by molar-refractivity contribution is -0.129. The van der Waals surface area contributed by atoms with Crippen molar-refractivity contribution in [2.24, 2.45) is 23.2 Å². The number of nitrogens with zero attached hydrogens (tertiary/aromatic N) is 1. The molecular formula is C18H31NO. The second kappa shape index (κ2) is 4.46. The van der Waals surface area contributed by atoms with Crippen LogP contribution in [-0.4, -0.2) is 34.7 Å². The van der Waals surface area contributed by atoms with E-state index in [4.69, 9.17) is 0 Å². The molecule has 0 aromatic carbocycles. The van der Waals surface area contributed by atoms with Crippen LogP contribution in [0.4, 0.5) is 0 Å². The Hall–Kier alpha value is -0.0800. The lowest BCUT2D eigenvalue weighted by atomic mass is 9.48. The van der Waals surface area contributed by atoms with Gasteiger partial charge in [-0.25, -0.2) is 0 Å². The van der Waals surface area contributed by atoms with E-state index < -0.39 is 0 Å². The van der Waals surface area contributed by atoms with Crippen molar-refractivity contribution in [1.82, 2.24) is 4.90 Å². The maximum Gasteiger partial charge on any atom is 0.0723 e. The molecule has 0 amide bonds. The normalized spacial score (nSPS) is 47.9. The Morgan fingerprint density at radius 1 is 1.05 bits per heavy atom. The Bertz CT molecular complexity index is 354. The molecule has 0 aromatic heterocycles. The average Bonchev–Trinajstić information content (AvgIpc) is 2.67. The van der Waals surface area contributed by atoms with Crippen molar-refractivity contribution < 1.29 is 5.11 Å². The van der Waals surface area contributed by atoms with Gasteiger partial charge in [0.25, 0.3) is 0 Å². The molecule has 1 unspecified atom stereocenters. The van der Waals surface area contributed by atoms with E-state index in [1.54, 1.807) is 0 Å². The lowest BCUT2D eigenvalue weighted by Crippen LogP contribution is -2.55. The molecule has 1 heterocycles. The van der Waals surface area contributed by atoms with Gasteiger partial charge in [0.05, 0.1) is 6.10 Å². The molecule has 2 nitrogen and oxygen atoms in total. The molecule has 5 rings (SSSR count). The van der Waals surface area contributed by atoms with E-state index in [1.807, 2.05) is 0 Å². The third-order valence-corrected chi connectivity index (χ3v) is 7.26. The van der Waals surface area contributed by atoms with Crippen molar-refractivity contribution in [2.45, 2.75) is 76.9 Å². The number of rotatable bonds is 3. The van der Waals surface area contributed by atoms with Gasteiger partial charge in [-0.3, -0.25) is 4.90 Å². The van der Waals surface area contributed by atoms with Gasteiger partial charge in [0.2, 0.25) is 0 Å². The smallest absolute Gasteiger partial charge is 0.0723 e. The molecule has 0 aromatic rings. The van der Waals surface area contributed by atoms with Crippen LogP contribution in [0.5, 0.6) is 0 Å². The molecule has 1 N–H and O–H groups in total. The molecule has 4 aliphatic carbocycles. The highest BCUT2D eigenvalue weighted by Gasteiger charge is 2.54. The largest absolute Gasteiger partial charge is 0.391 e. The van der Waals surface area contributed by atoms with Crippen LogP contribution in [0.3, 0.4) is 0 Å². The molecule has 4 saturated carbocycles. The minimum absolute atomic E-state index is 0.0757. The van der Waals surface area contributed by atoms with E-state index in [1.165, 1.54) is 57.9 Å². The second-order valence-corrected chi connectivity index (χ2v) is 9.16. The molecule has 0 spiro atoms. The first-order chi connectivity index (χ1) is 9.47. The van der Waals surface area contributed by atoms with E-state index in [0.717, 1.165) is 24.3 Å². The van der Waals surface area contributed by atoms with Crippen LogP contribution in [-0.2, 0) is 0 Å². The summed E-state index contributed by atoms with van der Waals surface area (Å²) in [7, 11) is 0. The number of hydrogen-bond donors (Lipinski definition) is 1. The zero-order chi connectivity index (χ0) is 14.0. The fraction of sp³-hybridized carbons (Fsp3) is 1.00. The summed E-state index contributed by atoms with van der Waals surface area (Å²) in [4.78, 5) is 2.57. The number of aliphatic hydroxyl groups excluding tert-OH is 1. The number of likely N-dealkylation sites (tertiary alicyclic amines) is 1. The third-order valence-electron chi connectivity index (χ3n) is 7.26. The van der Waals surface area contributed by atoms with E-state index in [0.29, 0.717) is 11.0 Å². The van der Waals surface area contributed by atoms with Crippen molar-refractivity contribution in [3.63, 3.8) is 0 Å². The second-order valence-electron chi connectivity index (χ2n) is 9.16. The number of aliphatic hydroxyl groups is 1. The molecule has 4 bridgehead atoms. The SMILES string of the molecule is CC1(C)CCCN1CC(O)C12CC3CC(CC(C3)C1)C2. The van der Waals surface area contributed by atoms with Gasteiger partial charge in [0.15, 0.2) is 0 Å². The van der Waals surface area contributed by atoms with Crippen LogP contribution in [0.15, 0.2) is 0 Å². The van der Waals surface area contributed by atoms with Crippen LogP contribution < -0.4 is 0 Å². The minimum Gasteiger partial charge on any atom is -0.391 e. The van der Waals surface area contributed by atoms with Crippen molar-refractivity contribution in [3.05, 3.63) is 0 Å². The Kier molecular flexibility index (Phi) is 3.03. The van der Waals surface area contributed by atoms with E-state index >= 15 is 0 Å². The summed E-state index contributed by atoms with van der Waals surface area (Å²) in [6, 6.07) is 0. The zero-order valence-corrected chi connectivity index (χ0v) is 13.3. The number of hydrogen-bond acceptors (Lipinski definition) is 2. The highest BCUT2D eigenvalue weighted by Crippen LogP contribution is 2.61. The first kappa shape index (κ1) is 13.6. The molecule has 20 heavy (non-hydrogen) atoms. The van der Waals surface area contributed by atoms with Crippen molar-refractivity contribution >= 4 is 0 Å². The summed E-state index contributed by atoms with van der Waals surface area (Å²) >= 11 is 0. The van der Waals surface area contributed by atoms with Gasteiger partial charge in [-0.1, -0.05) is 0 Å². The predicted octanol–water partition coefficient (Wildman–Crippen LogP) is 3.44.